The van der Waals surface area contributed by atoms with E-state index < -0.39 is 10.0 Å². The number of nitrogens with zero attached hydrogens (tertiary/aromatic N) is 1. The van der Waals surface area contributed by atoms with E-state index in [9.17, 15) is 13.2 Å². The minimum absolute atomic E-state index is 0.163. The van der Waals surface area contributed by atoms with E-state index in [1.54, 1.807) is 22.5 Å². The Kier molecular flexibility index (Phi) is 6.63. The van der Waals surface area contributed by atoms with Crippen molar-refractivity contribution in [3.63, 3.8) is 0 Å². The second-order valence-corrected chi connectivity index (χ2v) is 9.35. The Hall–Kier alpha value is -1.76. The van der Waals surface area contributed by atoms with Gasteiger partial charge in [-0.2, -0.15) is 4.31 Å². The van der Waals surface area contributed by atoms with Gasteiger partial charge in [0.15, 0.2) is 5.78 Å². The fraction of sp³-hybridized carbons (Fsp3) is 0.286. The van der Waals surface area contributed by atoms with Crippen LogP contribution in [0.1, 0.15) is 41.6 Å². The van der Waals surface area contributed by atoms with Gasteiger partial charge in [-0.3, -0.25) is 4.79 Å². The highest BCUT2D eigenvalue weighted by Crippen LogP contribution is 2.21. The van der Waals surface area contributed by atoms with Crippen LogP contribution >= 0.6 is 15.9 Å². The summed E-state index contributed by atoms with van der Waals surface area (Å²) in [4.78, 5) is 12.6. The molecule has 0 aliphatic carbocycles. The maximum absolute atomic E-state index is 12.8. The van der Waals surface area contributed by atoms with Crippen molar-refractivity contribution in [3.8, 4) is 0 Å². The maximum Gasteiger partial charge on any atom is 0.243 e. The number of rotatable bonds is 5. The molecule has 1 aliphatic heterocycles. The van der Waals surface area contributed by atoms with E-state index in [0.29, 0.717) is 18.7 Å². The normalized spacial score (nSPS) is 16.3. The Balaban J connectivity index is 1.74. The number of ketones is 1. The van der Waals surface area contributed by atoms with Crippen LogP contribution in [-0.4, -0.2) is 31.6 Å². The van der Waals surface area contributed by atoms with Gasteiger partial charge >= 0.3 is 0 Å². The summed E-state index contributed by atoms with van der Waals surface area (Å²) in [6.45, 7) is 1.13. The van der Waals surface area contributed by atoms with Crippen LogP contribution in [0.3, 0.4) is 0 Å². The molecule has 1 fully saturated rings. The van der Waals surface area contributed by atoms with Crippen LogP contribution in [0.4, 0.5) is 0 Å². The molecule has 0 N–H and O–H groups in total. The molecule has 4 nitrogen and oxygen atoms in total. The molecule has 0 atom stereocenters. The monoisotopic (exact) mass is 447 g/mol. The second-order valence-electron chi connectivity index (χ2n) is 6.56. The third-order valence-corrected chi connectivity index (χ3v) is 7.30. The van der Waals surface area contributed by atoms with Crippen molar-refractivity contribution in [2.75, 3.05) is 13.1 Å². The number of carbonyl (C=O) groups excluding carboxylic acids is 1. The zero-order valence-corrected chi connectivity index (χ0v) is 17.4. The minimum Gasteiger partial charge on any atom is -0.289 e. The van der Waals surface area contributed by atoms with E-state index >= 15 is 0 Å². The molecule has 6 heteroatoms. The Morgan fingerprint density at radius 2 is 1.56 bits per heavy atom. The van der Waals surface area contributed by atoms with E-state index in [-0.39, 0.29) is 10.7 Å². The number of benzene rings is 2. The standard InChI is InChI=1S/C21H22BrNO3S/c22-20-8-4-3-7-17(20)11-14-21(24)18-9-12-19(13-10-18)27(25,26)23-15-5-1-2-6-16-23/h3-4,7-14H,1-2,5-6,15-16H2/b14-11+. The molecule has 2 aromatic rings. The summed E-state index contributed by atoms with van der Waals surface area (Å²) in [5.41, 5.74) is 1.37. The predicted molar refractivity (Wildman–Crippen MR) is 111 cm³/mol. The van der Waals surface area contributed by atoms with Crippen molar-refractivity contribution in [2.45, 2.75) is 30.6 Å². The van der Waals surface area contributed by atoms with Gasteiger partial charge in [0.25, 0.3) is 0 Å². The van der Waals surface area contributed by atoms with Crippen LogP contribution < -0.4 is 0 Å². The molecule has 142 valence electrons. The molecule has 0 spiro atoms. The zero-order chi connectivity index (χ0) is 19.3. The lowest BCUT2D eigenvalue weighted by molar-refractivity contribution is 0.104. The Labute approximate surface area is 169 Å². The number of hydrogen-bond acceptors (Lipinski definition) is 3. The number of allylic oxidation sites excluding steroid dienone is 1. The van der Waals surface area contributed by atoms with Crippen LogP contribution in [-0.2, 0) is 10.0 Å². The molecule has 0 amide bonds. The highest BCUT2D eigenvalue weighted by molar-refractivity contribution is 9.10. The zero-order valence-electron chi connectivity index (χ0n) is 15.0. The lowest BCUT2D eigenvalue weighted by Gasteiger charge is -2.19. The molecule has 0 radical (unpaired) electrons. The number of halogens is 1. The molecule has 3 rings (SSSR count). The molecule has 1 saturated heterocycles. The van der Waals surface area contributed by atoms with Crippen LogP contribution in [0.15, 0.2) is 64.0 Å². The Morgan fingerprint density at radius 3 is 2.19 bits per heavy atom. The largest absolute Gasteiger partial charge is 0.289 e. The topological polar surface area (TPSA) is 54.5 Å². The first kappa shape index (κ1) is 20.0. The quantitative estimate of drug-likeness (QED) is 0.483. The van der Waals surface area contributed by atoms with Gasteiger partial charge < -0.3 is 0 Å². The molecule has 0 aromatic heterocycles. The summed E-state index contributed by atoms with van der Waals surface area (Å²) in [5, 5.41) is 0. The van der Waals surface area contributed by atoms with Gasteiger partial charge in [-0.25, -0.2) is 8.42 Å². The molecular weight excluding hydrogens is 426 g/mol. The molecule has 0 unspecified atom stereocenters. The summed E-state index contributed by atoms with van der Waals surface area (Å²) in [7, 11) is -3.49. The lowest BCUT2D eigenvalue weighted by atomic mass is 10.1. The van der Waals surface area contributed by atoms with Gasteiger partial charge in [-0.15, -0.1) is 0 Å². The first-order valence-electron chi connectivity index (χ1n) is 9.05. The molecule has 0 saturated carbocycles. The number of sulfonamides is 1. The molecule has 1 aliphatic rings. The highest BCUT2D eigenvalue weighted by Gasteiger charge is 2.25. The van der Waals surface area contributed by atoms with Crippen molar-refractivity contribution in [1.82, 2.24) is 4.31 Å². The molecule has 1 heterocycles. The first-order valence-corrected chi connectivity index (χ1v) is 11.3. The van der Waals surface area contributed by atoms with Crippen molar-refractivity contribution >= 4 is 37.8 Å². The SMILES string of the molecule is O=C(/C=C/c1ccccc1Br)c1ccc(S(=O)(=O)N2CCCCCC2)cc1. The molecular formula is C21H22BrNO3S. The minimum atomic E-state index is -3.49. The number of hydrogen-bond donors (Lipinski definition) is 0. The van der Waals surface area contributed by atoms with E-state index in [4.69, 9.17) is 0 Å². The fourth-order valence-corrected chi connectivity index (χ4v) is 5.03. The van der Waals surface area contributed by atoms with Crippen molar-refractivity contribution in [2.24, 2.45) is 0 Å². The van der Waals surface area contributed by atoms with Gasteiger partial charge in [0.1, 0.15) is 0 Å². The van der Waals surface area contributed by atoms with Crippen LogP contribution in [0.2, 0.25) is 0 Å². The Morgan fingerprint density at radius 1 is 0.926 bits per heavy atom. The van der Waals surface area contributed by atoms with Crippen LogP contribution in [0, 0.1) is 0 Å². The summed E-state index contributed by atoms with van der Waals surface area (Å²) >= 11 is 3.44. The maximum atomic E-state index is 12.8. The smallest absolute Gasteiger partial charge is 0.243 e. The molecule has 0 bridgehead atoms. The van der Waals surface area contributed by atoms with Gasteiger partial charge in [0.2, 0.25) is 10.0 Å². The first-order chi connectivity index (χ1) is 13.0. The van der Waals surface area contributed by atoms with E-state index in [2.05, 4.69) is 15.9 Å². The summed E-state index contributed by atoms with van der Waals surface area (Å²) in [5.74, 6) is -0.163. The highest BCUT2D eigenvalue weighted by atomic mass is 79.9. The third-order valence-electron chi connectivity index (χ3n) is 4.66. The van der Waals surface area contributed by atoms with Crippen LogP contribution in [0.25, 0.3) is 6.08 Å². The lowest BCUT2D eigenvalue weighted by Crippen LogP contribution is -2.31. The third kappa shape index (κ3) is 4.94. The average Bonchev–Trinajstić information content (AvgIpc) is 2.97. The van der Waals surface area contributed by atoms with E-state index in [1.807, 2.05) is 24.3 Å². The van der Waals surface area contributed by atoms with Gasteiger partial charge in [0.05, 0.1) is 4.90 Å². The average molecular weight is 448 g/mol. The van der Waals surface area contributed by atoms with Crippen molar-refractivity contribution in [1.29, 1.82) is 0 Å². The van der Waals surface area contributed by atoms with E-state index in [1.165, 1.54) is 18.2 Å². The Bertz CT molecular complexity index is 928. The fourth-order valence-electron chi connectivity index (χ4n) is 3.09. The van der Waals surface area contributed by atoms with Crippen LogP contribution in [0.5, 0.6) is 0 Å². The summed E-state index contributed by atoms with van der Waals surface area (Å²) in [6.07, 6.45) is 7.19. The second kappa shape index (κ2) is 8.95. The van der Waals surface area contributed by atoms with Crippen molar-refractivity contribution in [3.05, 3.63) is 70.2 Å². The summed E-state index contributed by atoms with van der Waals surface area (Å²) in [6, 6.07) is 13.8. The van der Waals surface area contributed by atoms with E-state index in [0.717, 1.165) is 35.7 Å². The number of carbonyl (C=O) groups is 1. The van der Waals surface area contributed by atoms with Gasteiger partial charge in [0, 0.05) is 23.1 Å². The molecule has 27 heavy (non-hydrogen) atoms. The molecule has 2 aromatic carbocycles. The van der Waals surface area contributed by atoms with Gasteiger partial charge in [-0.1, -0.05) is 47.0 Å². The summed E-state index contributed by atoms with van der Waals surface area (Å²) < 4.78 is 28.1. The predicted octanol–water partition coefficient (Wildman–Crippen LogP) is 4.91. The van der Waals surface area contributed by atoms with Crippen molar-refractivity contribution < 1.29 is 13.2 Å². The van der Waals surface area contributed by atoms with Gasteiger partial charge in [-0.05, 0) is 60.9 Å².